The van der Waals surface area contributed by atoms with Crippen LogP contribution in [0.1, 0.15) is 12.5 Å². The van der Waals surface area contributed by atoms with Gasteiger partial charge in [0.2, 0.25) is 0 Å². The van der Waals surface area contributed by atoms with E-state index in [0.717, 1.165) is 6.07 Å². The van der Waals surface area contributed by atoms with E-state index in [-0.39, 0.29) is 18.1 Å². The molecule has 0 aliphatic carbocycles. The molecule has 0 amide bonds. The molecule has 0 unspecified atom stereocenters. The molecule has 0 bridgehead atoms. The Morgan fingerprint density at radius 1 is 1.58 bits per heavy atom. The lowest BCUT2D eigenvalue weighted by atomic mass is 10.2. The van der Waals surface area contributed by atoms with Crippen molar-refractivity contribution in [3.63, 3.8) is 0 Å². The topological polar surface area (TPSA) is 84.3 Å². The number of rotatable bonds is 5. The number of carbonyl (C=O) groups excluding carboxylic acids is 1. The Kier molecular flexibility index (Phi) is 5.37. The minimum absolute atomic E-state index is 0.0821. The summed E-state index contributed by atoms with van der Waals surface area (Å²) in [5.74, 6) is -1.27. The predicted molar refractivity (Wildman–Crippen MR) is 66.7 cm³/mol. The summed E-state index contributed by atoms with van der Waals surface area (Å²) in [6.45, 7) is 1.77. The Morgan fingerprint density at radius 3 is 2.84 bits per heavy atom. The molecule has 100 valence electrons. The lowest BCUT2D eigenvalue weighted by molar-refractivity contribution is -0.138. The highest BCUT2D eigenvalue weighted by Crippen LogP contribution is 2.19. The van der Waals surface area contributed by atoms with Crippen LogP contribution >= 0.6 is 0 Å². The van der Waals surface area contributed by atoms with E-state index < -0.39 is 11.8 Å². The van der Waals surface area contributed by atoms with Gasteiger partial charge in [0.1, 0.15) is 5.70 Å². The highest BCUT2D eigenvalue weighted by atomic mass is 19.1. The molecular formula is C12H12FN3O3. The smallest absolute Gasteiger partial charge is 0.340 e. The fourth-order valence-corrected chi connectivity index (χ4v) is 1.31. The second-order valence-corrected chi connectivity index (χ2v) is 3.33. The molecule has 1 aromatic rings. The van der Waals surface area contributed by atoms with Gasteiger partial charge in [0.15, 0.2) is 11.6 Å². The molecule has 0 radical (unpaired) electrons. The number of hydrogen-bond donors (Lipinski definition) is 0. The van der Waals surface area contributed by atoms with E-state index in [9.17, 15) is 9.18 Å². The van der Waals surface area contributed by atoms with Crippen LogP contribution in [0.4, 0.5) is 4.39 Å². The molecule has 0 heterocycles. The molecule has 0 fully saturated rings. The van der Waals surface area contributed by atoms with Gasteiger partial charge in [-0.3, -0.25) is 0 Å². The summed E-state index contributed by atoms with van der Waals surface area (Å²) >= 11 is 0. The quantitative estimate of drug-likeness (QED) is 0.269. The Labute approximate surface area is 109 Å². The molecular weight excluding hydrogens is 253 g/mol. The molecule has 0 aliphatic heterocycles. The zero-order chi connectivity index (χ0) is 14.3. The molecule has 1 aromatic carbocycles. The summed E-state index contributed by atoms with van der Waals surface area (Å²) < 4.78 is 22.9. The predicted octanol–water partition coefficient (Wildman–Crippen LogP) is 3.05. The van der Waals surface area contributed by atoms with Crippen molar-refractivity contribution in [2.75, 3.05) is 13.7 Å². The van der Waals surface area contributed by atoms with Crippen molar-refractivity contribution in [3.8, 4) is 5.75 Å². The van der Waals surface area contributed by atoms with Gasteiger partial charge in [0, 0.05) is 4.91 Å². The van der Waals surface area contributed by atoms with Crippen LogP contribution in [0.3, 0.4) is 0 Å². The van der Waals surface area contributed by atoms with Crippen LogP contribution in [0, 0.1) is 5.82 Å². The van der Waals surface area contributed by atoms with Crippen LogP contribution in [0.2, 0.25) is 0 Å². The molecule has 19 heavy (non-hydrogen) atoms. The third-order valence-corrected chi connectivity index (χ3v) is 2.12. The van der Waals surface area contributed by atoms with Crippen molar-refractivity contribution in [2.45, 2.75) is 6.92 Å². The molecule has 0 aliphatic rings. The standard InChI is InChI=1S/C12H12FN3O3/c1-3-19-12(17)10(15-16-14)7-8-4-5-11(18-2)9(13)6-8/h4-7H,3H2,1-2H3. The van der Waals surface area contributed by atoms with Gasteiger partial charge in [-0.15, -0.1) is 0 Å². The van der Waals surface area contributed by atoms with Crippen molar-refractivity contribution in [1.82, 2.24) is 0 Å². The molecule has 0 saturated carbocycles. The van der Waals surface area contributed by atoms with Crippen molar-refractivity contribution in [1.29, 1.82) is 0 Å². The molecule has 6 nitrogen and oxygen atoms in total. The molecule has 7 heteroatoms. The van der Waals surface area contributed by atoms with Crippen molar-refractivity contribution in [2.24, 2.45) is 5.11 Å². The van der Waals surface area contributed by atoms with E-state index in [1.54, 1.807) is 6.92 Å². The number of azide groups is 1. The van der Waals surface area contributed by atoms with Crippen LogP contribution in [-0.4, -0.2) is 19.7 Å². The first-order chi connectivity index (χ1) is 9.12. The molecule has 1 rings (SSSR count). The maximum Gasteiger partial charge on any atom is 0.340 e. The van der Waals surface area contributed by atoms with Gasteiger partial charge in [-0.25, -0.2) is 9.18 Å². The van der Waals surface area contributed by atoms with Gasteiger partial charge in [-0.05, 0) is 36.2 Å². The summed E-state index contributed by atoms with van der Waals surface area (Å²) in [5, 5.41) is 3.22. The summed E-state index contributed by atoms with van der Waals surface area (Å²) in [5.41, 5.74) is 8.50. The zero-order valence-electron chi connectivity index (χ0n) is 10.5. The first-order valence-electron chi connectivity index (χ1n) is 5.39. The third-order valence-electron chi connectivity index (χ3n) is 2.12. The van der Waals surface area contributed by atoms with Gasteiger partial charge < -0.3 is 9.47 Å². The van der Waals surface area contributed by atoms with E-state index >= 15 is 0 Å². The van der Waals surface area contributed by atoms with Gasteiger partial charge in [-0.2, -0.15) is 0 Å². The minimum atomic E-state index is -0.767. The highest BCUT2D eigenvalue weighted by molar-refractivity contribution is 5.93. The van der Waals surface area contributed by atoms with Crippen LogP contribution in [0.15, 0.2) is 29.0 Å². The monoisotopic (exact) mass is 265 g/mol. The summed E-state index contributed by atoms with van der Waals surface area (Å²) in [6, 6.07) is 4.08. The summed E-state index contributed by atoms with van der Waals surface area (Å²) in [7, 11) is 1.35. The van der Waals surface area contributed by atoms with Gasteiger partial charge in [-0.1, -0.05) is 11.2 Å². The summed E-state index contributed by atoms with van der Waals surface area (Å²) in [6.07, 6.45) is 1.24. The molecule has 0 aromatic heterocycles. The number of esters is 1. The number of methoxy groups -OCH3 is 1. The number of halogens is 1. The average molecular weight is 265 g/mol. The minimum Gasteiger partial charge on any atom is -0.494 e. The molecule has 0 spiro atoms. The van der Waals surface area contributed by atoms with Crippen LogP contribution in [-0.2, 0) is 9.53 Å². The average Bonchev–Trinajstić information content (AvgIpc) is 2.39. The largest absolute Gasteiger partial charge is 0.494 e. The number of nitrogens with zero attached hydrogens (tertiary/aromatic N) is 3. The highest BCUT2D eigenvalue weighted by Gasteiger charge is 2.09. The van der Waals surface area contributed by atoms with E-state index in [1.165, 1.54) is 25.3 Å². The van der Waals surface area contributed by atoms with Crippen molar-refractivity contribution < 1.29 is 18.7 Å². The SMILES string of the molecule is CCOC(=O)C(=Cc1ccc(OC)c(F)c1)N=[N+]=[N-]. The fraction of sp³-hybridized carbons (Fsp3) is 0.250. The van der Waals surface area contributed by atoms with Crippen molar-refractivity contribution >= 4 is 12.0 Å². The normalized spacial score (nSPS) is 10.6. The lowest BCUT2D eigenvalue weighted by Crippen LogP contribution is -2.05. The number of hydrogen-bond acceptors (Lipinski definition) is 4. The third kappa shape index (κ3) is 4.01. The van der Waals surface area contributed by atoms with Gasteiger partial charge in [0.25, 0.3) is 0 Å². The Bertz CT molecular complexity index is 551. The number of benzene rings is 1. The zero-order valence-corrected chi connectivity index (χ0v) is 10.5. The van der Waals surface area contributed by atoms with Crippen LogP contribution < -0.4 is 4.74 Å². The van der Waals surface area contributed by atoms with Gasteiger partial charge >= 0.3 is 5.97 Å². The van der Waals surface area contributed by atoms with E-state index in [1.807, 2.05) is 0 Å². The first kappa shape index (κ1) is 14.5. The van der Waals surface area contributed by atoms with E-state index in [4.69, 9.17) is 15.0 Å². The Balaban J connectivity index is 3.11. The Hall–Kier alpha value is -2.53. The second-order valence-electron chi connectivity index (χ2n) is 3.33. The van der Waals surface area contributed by atoms with Gasteiger partial charge in [0.05, 0.1) is 13.7 Å². The molecule has 0 saturated heterocycles. The number of carbonyl (C=O) groups is 1. The maximum atomic E-state index is 13.5. The fourth-order valence-electron chi connectivity index (χ4n) is 1.31. The Morgan fingerprint density at radius 2 is 2.32 bits per heavy atom. The maximum absolute atomic E-state index is 13.5. The first-order valence-corrected chi connectivity index (χ1v) is 5.39. The second kappa shape index (κ2) is 7.03. The van der Waals surface area contributed by atoms with E-state index in [0.29, 0.717) is 5.56 Å². The molecule has 0 N–H and O–H groups in total. The summed E-state index contributed by atoms with van der Waals surface area (Å²) in [4.78, 5) is 14.0. The van der Waals surface area contributed by atoms with Crippen LogP contribution in [0.25, 0.3) is 16.5 Å². The number of ether oxygens (including phenoxy) is 2. The van der Waals surface area contributed by atoms with Crippen LogP contribution in [0.5, 0.6) is 5.75 Å². The van der Waals surface area contributed by atoms with Crippen molar-refractivity contribution in [3.05, 3.63) is 45.7 Å². The molecule has 0 atom stereocenters. The lowest BCUT2D eigenvalue weighted by Gasteiger charge is -2.04. The van der Waals surface area contributed by atoms with E-state index in [2.05, 4.69) is 10.0 Å².